The number of carbonyl (C=O) groups is 1. The van der Waals surface area contributed by atoms with E-state index in [1.165, 1.54) is 5.56 Å². The van der Waals surface area contributed by atoms with Crippen LogP contribution in [0.25, 0.3) is 0 Å². The van der Waals surface area contributed by atoms with Crippen LogP contribution in [-0.4, -0.2) is 38.3 Å². The highest BCUT2D eigenvalue weighted by atomic mass is 16.6. The maximum Gasteiger partial charge on any atom is 0.169 e. The standard InChI is InChI=1S/C15H20O4/c1-3-11-5-4-6-12(9-11)19-14-10-13(16)15(14)18-8-7-17-2/h4-6,9,14-15H,3,7-8,10H2,1-2H3. The van der Waals surface area contributed by atoms with Gasteiger partial charge in [0.15, 0.2) is 11.9 Å². The normalized spacial score (nSPS) is 22.1. The van der Waals surface area contributed by atoms with E-state index in [0.717, 1.165) is 12.2 Å². The molecule has 1 aliphatic carbocycles. The molecular formula is C15H20O4. The van der Waals surface area contributed by atoms with Gasteiger partial charge in [-0.05, 0) is 24.1 Å². The van der Waals surface area contributed by atoms with E-state index in [-0.39, 0.29) is 11.9 Å². The van der Waals surface area contributed by atoms with Crippen LogP contribution in [0.15, 0.2) is 24.3 Å². The van der Waals surface area contributed by atoms with Crippen LogP contribution >= 0.6 is 0 Å². The van der Waals surface area contributed by atoms with E-state index >= 15 is 0 Å². The molecule has 1 aromatic carbocycles. The minimum absolute atomic E-state index is 0.104. The molecular weight excluding hydrogens is 244 g/mol. The highest BCUT2D eigenvalue weighted by Gasteiger charge is 2.42. The third-order valence-corrected chi connectivity index (χ3v) is 3.24. The van der Waals surface area contributed by atoms with Crippen molar-refractivity contribution in [3.05, 3.63) is 29.8 Å². The molecule has 4 nitrogen and oxygen atoms in total. The summed E-state index contributed by atoms with van der Waals surface area (Å²) in [5.74, 6) is 0.907. The molecule has 0 spiro atoms. The summed E-state index contributed by atoms with van der Waals surface area (Å²) in [6, 6.07) is 7.95. The number of hydrogen-bond donors (Lipinski definition) is 0. The fraction of sp³-hybridized carbons (Fsp3) is 0.533. The molecule has 0 radical (unpaired) electrons. The van der Waals surface area contributed by atoms with Crippen molar-refractivity contribution in [1.29, 1.82) is 0 Å². The molecule has 0 saturated heterocycles. The first-order valence-corrected chi connectivity index (χ1v) is 6.63. The second kappa shape index (κ2) is 6.68. The maximum absolute atomic E-state index is 11.5. The molecule has 2 atom stereocenters. The lowest BCUT2D eigenvalue weighted by Crippen LogP contribution is -2.52. The van der Waals surface area contributed by atoms with E-state index in [4.69, 9.17) is 14.2 Å². The Kier molecular flexibility index (Phi) is 4.93. The summed E-state index contributed by atoms with van der Waals surface area (Å²) in [6.45, 7) is 3.01. The number of carbonyl (C=O) groups excluding carboxylic acids is 1. The topological polar surface area (TPSA) is 44.8 Å². The summed E-state index contributed by atoms with van der Waals surface area (Å²) in [5.41, 5.74) is 1.22. The summed E-state index contributed by atoms with van der Waals surface area (Å²) in [7, 11) is 1.61. The molecule has 1 fully saturated rings. The predicted octanol–water partition coefficient (Wildman–Crippen LogP) is 2.00. The van der Waals surface area contributed by atoms with Crippen molar-refractivity contribution in [3.8, 4) is 5.75 Å². The minimum Gasteiger partial charge on any atom is -0.487 e. The largest absolute Gasteiger partial charge is 0.487 e. The first-order chi connectivity index (χ1) is 9.24. The number of methoxy groups -OCH3 is 1. The van der Waals surface area contributed by atoms with Gasteiger partial charge in [-0.15, -0.1) is 0 Å². The van der Waals surface area contributed by atoms with E-state index in [1.54, 1.807) is 7.11 Å². The molecule has 0 bridgehead atoms. The summed E-state index contributed by atoms with van der Waals surface area (Å²) in [6.07, 6.45) is 0.777. The Bertz CT molecular complexity index is 430. The number of benzene rings is 1. The van der Waals surface area contributed by atoms with Crippen LogP contribution < -0.4 is 4.74 Å². The zero-order valence-corrected chi connectivity index (χ0v) is 11.4. The van der Waals surface area contributed by atoms with Gasteiger partial charge in [0.1, 0.15) is 11.9 Å². The molecule has 0 aromatic heterocycles. The average molecular weight is 264 g/mol. The summed E-state index contributed by atoms with van der Waals surface area (Å²) < 4.78 is 16.2. The van der Waals surface area contributed by atoms with Gasteiger partial charge in [-0.3, -0.25) is 4.79 Å². The van der Waals surface area contributed by atoms with Gasteiger partial charge in [-0.1, -0.05) is 19.1 Å². The predicted molar refractivity (Wildman–Crippen MR) is 71.5 cm³/mol. The molecule has 0 amide bonds. The third-order valence-electron chi connectivity index (χ3n) is 3.24. The van der Waals surface area contributed by atoms with Crippen molar-refractivity contribution in [2.75, 3.05) is 20.3 Å². The molecule has 0 heterocycles. The van der Waals surface area contributed by atoms with Crippen LogP contribution in [0.1, 0.15) is 18.9 Å². The maximum atomic E-state index is 11.5. The minimum atomic E-state index is -0.444. The summed E-state index contributed by atoms with van der Waals surface area (Å²) >= 11 is 0. The van der Waals surface area contributed by atoms with E-state index in [9.17, 15) is 4.79 Å². The van der Waals surface area contributed by atoms with Gasteiger partial charge in [0.2, 0.25) is 0 Å². The monoisotopic (exact) mass is 264 g/mol. The highest BCUT2D eigenvalue weighted by molar-refractivity contribution is 5.90. The Morgan fingerprint density at radius 1 is 1.32 bits per heavy atom. The Hall–Kier alpha value is -1.39. The Morgan fingerprint density at radius 3 is 2.84 bits per heavy atom. The lowest BCUT2D eigenvalue weighted by Gasteiger charge is -2.34. The van der Waals surface area contributed by atoms with Gasteiger partial charge in [0, 0.05) is 13.5 Å². The lowest BCUT2D eigenvalue weighted by atomic mass is 9.90. The first kappa shape index (κ1) is 14.0. The molecule has 0 aliphatic heterocycles. The van der Waals surface area contributed by atoms with E-state index in [2.05, 4.69) is 13.0 Å². The number of ketones is 1. The van der Waals surface area contributed by atoms with Crippen molar-refractivity contribution >= 4 is 5.78 Å². The van der Waals surface area contributed by atoms with Crippen molar-refractivity contribution in [2.45, 2.75) is 32.0 Å². The fourth-order valence-electron chi connectivity index (χ4n) is 2.04. The Labute approximate surface area is 113 Å². The zero-order chi connectivity index (χ0) is 13.7. The number of Topliss-reactive ketones (excluding diaryl/α,β-unsaturated/α-hetero) is 1. The van der Waals surface area contributed by atoms with Crippen LogP contribution in [0.2, 0.25) is 0 Å². The van der Waals surface area contributed by atoms with E-state index in [0.29, 0.717) is 19.6 Å². The van der Waals surface area contributed by atoms with Crippen LogP contribution in [0.5, 0.6) is 5.75 Å². The van der Waals surface area contributed by atoms with Gasteiger partial charge < -0.3 is 14.2 Å². The molecule has 2 unspecified atom stereocenters. The third kappa shape index (κ3) is 3.55. The van der Waals surface area contributed by atoms with Crippen LogP contribution in [-0.2, 0) is 20.7 Å². The van der Waals surface area contributed by atoms with E-state index < -0.39 is 6.10 Å². The van der Waals surface area contributed by atoms with Gasteiger partial charge in [-0.25, -0.2) is 0 Å². The molecule has 4 heteroatoms. The van der Waals surface area contributed by atoms with Gasteiger partial charge in [-0.2, -0.15) is 0 Å². The van der Waals surface area contributed by atoms with Crippen molar-refractivity contribution < 1.29 is 19.0 Å². The van der Waals surface area contributed by atoms with Gasteiger partial charge >= 0.3 is 0 Å². The van der Waals surface area contributed by atoms with Crippen LogP contribution in [0.3, 0.4) is 0 Å². The van der Waals surface area contributed by atoms with Crippen molar-refractivity contribution in [1.82, 2.24) is 0 Å². The zero-order valence-electron chi connectivity index (χ0n) is 11.4. The smallest absolute Gasteiger partial charge is 0.169 e. The molecule has 1 aliphatic rings. The van der Waals surface area contributed by atoms with Crippen LogP contribution in [0, 0.1) is 0 Å². The van der Waals surface area contributed by atoms with Crippen molar-refractivity contribution in [2.24, 2.45) is 0 Å². The van der Waals surface area contributed by atoms with E-state index in [1.807, 2.05) is 18.2 Å². The highest BCUT2D eigenvalue weighted by Crippen LogP contribution is 2.26. The first-order valence-electron chi connectivity index (χ1n) is 6.63. The second-order valence-corrected chi connectivity index (χ2v) is 4.61. The Morgan fingerprint density at radius 2 is 2.16 bits per heavy atom. The molecule has 2 rings (SSSR count). The van der Waals surface area contributed by atoms with Gasteiger partial charge in [0.25, 0.3) is 0 Å². The number of hydrogen-bond acceptors (Lipinski definition) is 4. The molecule has 1 saturated carbocycles. The summed E-state index contributed by atoms with van der Waals surface area (Å²) in [5, 5.41) is 0. The lowest BCUT2D eigenvalue weighted by molar-refractivity contribution is -0.156. The number of rotatable bonds is 7. The molecule has 0 N–H and O–H groups in total. The molecule has 1 aromatic rings. The van der Waals surface area contributed by atoms with Gasteiger partial charge in [0.05, 0.1) is 13.2 Å². The number of aryl methyl sites for hydroxylation is 1. The molecule has 104 valence electrons. The number of ether oxygens (including phenoxy) is 3. The SMILES string of the molecule is CCc1cccc(OC2CC(=O)C2OCCOC)c1. The second-order valence-electron chi connectivity index (χ2n) is 4.61. The van der Waals surface area contributed by atoms with Crippen molar-refractivity contribution in [3.63, 3.8) is 0 Å². The Balaban J connectivity index is 1.89. The molecule has 19 heavy (non-hydrogen) atoms. The average Bonchev–Trinajstić information content (AvgIpc) is 2.43. The fourth-order valence-corrected chi connectivity index (χ4v) is 2.04. The van der Waals surface area contributed by atoms with Crippen LogP contribution in [0.4, 0.5) is 0 Å². The summed E-state index contributed by atoms with van der Waals surface area (Å²) in [4.78, 5) is 11.5. The quantitative estimate of drug-likeness (QED) is 0.707.